The summed E-state index contributed by atoms with van der Waals surface area (Å²) in [5.74, 6) is 2.27. The molecule has 1 nitrogen and oxygen atoms in total. The summed E-state index contributed by atoms with van der Waals surface area (Å²) < 4.78 is 0. The number of hydrogen-bond acceptors (Lipinski definition) is 1. The summed E-state index contributed by atoms with van der Waals surface area (Å²) in [6.45, 7) is 9.30. The van der Waals surface area contributed by atoms with Crippen molar-refractivity contribution in [1.29, 1.82) is 0 Å². The first-order valence-electron chi connectivity index (χ1n) is 7.06. The highest BCUT2D eigenvalue weighted by Crippen LogP contribution is 2.76. The van der Waals surface area contributed by atoms with Gasteiger partial charge in [-0.05, 0) is 67.6 Å². The smallest absolute Gasteiger partial charge is 0.0656 e. The maximum atomic E-state index is 10.7. The Labute approximate surface area is 99.6 Å². The Morgan fingerprint density at radius 2 is 1.75 bits per heavy atom. The summed E-state index contributed by atoms with van der Waals surface area (Å²) in [5.41, 5.74) is 0.471. The van der Waals surface area contributed by atoms with Crippen molar-refractivity contribution < 1.29 is 5.11 Å². The molecule has 0 amide bonds. The largest absolute Gasteiger partial charge is 0.390 e. The van der Waals surface area contributed by atoms with Gasteiger partial charge in [0.15, 0.2) is 0 Å². The van der Waals surface area contributed by atoms with Gasteiger partial charge in [0.05, 0.1) is 5.60 Å². The second-order valence-corrected chi connectivity index (χ2v) is 7.52. The Kier molecular flexibility index (Phi) is 1.98. The Morgan fingerprint density at radius 3 is 2.44 bits per heavy atom. The molecule has 0 aromatic rings. The van der Waals surface area contributed by atoms with Gasteiger partial charge in [-0.2, -0.15) is 0 Å². The molecule has 3 aliphatic rings. The van der Waals surface area contributed by atoms with Crippen LogP contribution >= 0.6 is 0 Å². The summed E-state index contributed by atoms with van der Waals surface area (Å²) in [6, 6.07) is 0. The average Bonchev–Trinajstić information content (AvgIpc) is 2.68. The molecule has 0 aromatic carbocycles. The lowest BCUT2D eigenvalue weighted by Gasteiger charge is -2.42. The van der Waals surface area contributed by atoms with Crippen molar-refractivity contribution in [3.8, 4) is 0 Å². The zero-order valence-corrected chi connectivity index (χ0v) is 11.2. The number of rotatable bonds is 0. The predicted molar refractivity (Wildman–Crippen MR) is 66.1 cm³/mol. The van der Waals surface area contributed by atoms with E-state index in [4.69, 9.17) is 0 Å². The normalized spacial score (nSPS) is 64.7. The molecule has 92 valence electrons. The third-order valence-corrected chi connectivity index (χ3v) is 6.95. The van der Waals surface area contributed by atoms with Crippen LogP contribution in [0.5, 0.6) is 0 Å². The highest BCUT2D eigenvalue weighted by Gasteiger charge is 2.71. The van der Waals surface area contributed by atoms with Crippen LogP contribution in [0.25, 0.3) is 0 Å². The Hall–Kier alpha value is -0.0400. The van der Waals surface area contributed by atoms with Crippen molar-refractivity contribution in [2.24, 2.45) is 28.6 Å². The highest BCUT2D eigenvalue weighted by molar-refractivity contribution is 5.20. The van der Waals surface area contributed by atoms with Crippen molar-refractivity contribution in [1.82, 2.24) is 0 Å². The molecule has 6 atom stereocenters. The zero-order valence-electron chi connectivity index (χ0n) is 11.2. The number of aliphatic hydroxyl groups is 1. The fraction of sp³-hybridized carbons (Fsp3) is 1.00. The van der Waals surface area contributed by atoms with E-state index in [0.717, 1.165) is 18.3 Å². The van der Waals surface area contributed by atoms with E-state index >= 15 is 0 Å². The van der Waals surface area contributed by atoms with Crippen LogP contribution in [0.15, 0.2) is 0 Å². The maximum Gasteiger partial charge on any atom is 0.0656 e. The van der Waals surface area contributed by atoms with E-state index in [9.17, 15) is 5.11 Å². The molecular formula is C15H26O. The van der Waals surface area contributed by atoms with Gasteiger partial charge < -0.3 is 5.11 Å². The van der Waals surface area contributed by atoms with E-state index in [1.807, 2.05) is 0 Å². The van der Waals surface area contributed by atoms with E-state index in [0.29, 0.717) is 16.7 Å². The van der Waals surface area contributed by atoms with E-state index in [1.54, 1.807) is 0 Å². The second-order valence-electron chi connectivity index (χ2n) is 7.52. The Balaban J connectivity index is 2.10. The van der Waals surface area contributed by atoms with Gasteiger partial charge in [0, 0.05) is 0 Å². The summed E-state index contributed by atoms with van der Waals surface area (Å²) >= 11 is 0. The third-order valence-electron chi connectivity index (χ3n) is 6.95. The molecule has 1 spiro atoms. The molecule has 3 aliphatic carbocycles. The van der Waals surface area contributed by atoms with Crippen LogP contribution in [0.3, 0.4) is 0 Å². The molecule has 3 saturated carbocycles. The number of hydrogen-bond donors (Lipinski definition) is 1. The molecule has 0 bridgehead atoms. The Bertz CT molecular complexity index is 321. The molecular weight excluding hydrogens is 196 g/mol. The fourth-order valence-corrected chi connectivity index (χ4v) is 6.17. The van der Waals surface area contributed by atoms with Crippen LogP contribution in [-0.4, -0.2) is 10.7 Å². The lowest BCUT2D eigenvalue weighted by atomic mass is 9.62. The first-order chi connectivity index (χ1) is 7.33. The van der Waals surface area contributed by atoms with Gasteiger partial charge in [0.1, 0.15) is 0 Å². The van der Waals surface area contributed by atoms with Gasteiger partial charge in [-0.1, -0.05) is 20.8 Å². The van der Waals surface area contributed by atoms with Crippen molar-refractivity contribution >= 4 is 0 Å². The van der Waals surface area contributed by atoms with Crippen molar-refractivity contribution in [3.05, 3.63) is 0 Å². The first-order valence-corrected chi connectivity index (χ1v) is 7.06. The van der Waals surface area contributed by atoms with Crippen LogP contribution in [0.2, 0.25) is 0 Å². The monoisotopic (exact) mass is 222 g/mol. The molecule has 0 aromatic heterocycles. The van der Waals surface area contributed by atoms with Gasteiger partial charge in [0.25, 0.3) is 0 Å². The van der Waals surface area contributed by atoms with Crippen LogP contribution in [-0.2, 0) is 0 Å². The van der Waals surface area contributed by atoms with Gasteiger partial charge in [-0.25, -0.2) is 0 Å². The summed E-state index contributed by atoms with van der Waals surface area (Å²) in [4.78, 5) is 0. The molecule has 0 heterocycles. The zero-order chi connectivity index (χ0) is 11.8. The second kappa shape index (κ2) is 2.85. The van der Waals surface area contributed by atoms with E-state index in [2.05, 4.69) is 27.7 Å². The summed E-state index contributed by atoms with van der Waals surface area (Å²) in [6.07, 6.45) is 6.55. The third kappa shape index (κ3) is 0.978. The molecule has 3 rings (SSSR count). The molecule has 0 aliphatic heterocycles. The SMILES string of the molecule is C[C@@H]1CC[C@@]23[C@@H](C)[C@@](C)(O)C[C@]2(C)CC[C@@H]13. The summed E-state index contributed by atoms with van der Waals surface area (Å²) in [5, 5.41) is 10.7. The minimum atomic E-state index is -0.419. The molecule has 16 heavy (non-hydrogen) atoms. The van der Waals surface area contributed by atoms with Crippen molar-refractivity contribution in [3.63, 3.8) is 0 Å². The van der Waals surface area contributed by atoms with Crippen molar-refractivity contribution in [2.75, 3.05) is 0 Å². The molecule has 3 fully saturated rings. The molecule has 0 radical (unpaired) electrons. The van der Waals surface area contributed by atoms with Gasteiger partial charge in [0.2, 0.25) is 0 Å². The molecule has 0 saturated heterocycles. The molecule has 1 heteroatoms. The lowest BCUT2D eigenvalue weighted by molar-refractivity contribution is -0.0179. The van der Waals surface area contributed by atoms with Crippen LogP contribution in [0.1, 0.15) is 59.8 Å². The van der Waals surface area contributed by atoms with Gasteiger partial charge >= 0.3 is 0 Å². The summed E-state index contributed by atoms with van der Waals surface area (Å²) in [7, 11) is 0. The van der Waals surface area contributed by atoms with Crippen LogP contribution in [0.4, 0.5) is 0 Å². The van der Waals surface area contributed by atoms with E-state index in [-0.39, 0.29) is 0 Å². The topological polar surface area (TPSA) is 20.2 Å². The highest BCUT2D eigenvalue weighted by atomic mass is 16.3. The quantitative estimate of drug-likeness (QED) is 0.664. The average molecular weight is 222 g/mol. The fourth-order valence-electron chi connectivity index (χ4n) is 6.17. The van der Waals surface area contributed by atoms with E-state index in [1.165, 1.54) is 25.7 Å². The predicted octanol–water partition coefficient (Wildman–Crippen LogP) is 3.61. The van der Waals surface area contributed by atoms with Crippen LogP contribution < -0.4 is 0 Å². The van der Waals surface area contributed by atoms with Gasteiger partial charge in [-0.3, -0.25) is 0 Å². The lowest BCUT2D eigenvalue weighted by Crippen LogP contribution is -2.40. The van der Waals surface area contributed by atoms with E-state index < -0.39 is 5.60 Å². The van der Waals surface area contributed by atoms with Gasteiger partial charge in [-0.15, -0.1) is 0 Å². The molecule has 0 unspecified atom stereocenters. The minimum Gasteiger partial charge on any atom is -0.390 e. The Morgan fingerprint density at radius 1 is 1.06 bits per heavy atom. The van der Waals surface area contributed by atoms with Crippen molar-refractivity contribution in [2.45, 2.75) is 65.4 Å². The molecule has 1 N–H and O–H groups in total. The maximum absolute atomic E-state index is 10.7. The minimum absolute atomic E-state index is 0.419. The standard InChI is InChI=1S/C15H26O/c1-10-5-8-15-11(2)14(4,16)9-13(15,3)7-6-12(10)15/h10-12,16H,5-9H2,1-4H3/t10-,11+,12+,13+,14+,15+/m1/s1. The van der Waals surface area contributed by atoms with Crippen LogP contribution in [0, 0.1) is 28.6 Å². The first kappa shape index (κ1) is 11.1.